The fourth-order valence-corrected chi connectivity index (χ4v) is 7.76. The molecule has 0 spiro atoms. The highest BCUT2D eigenvalue weighted by molar-refractivity contribution is 5.76. The van der Waals surface area contributed by atoms with E-state index in [1.54, 1.807) is 0 Å². The lowest BCUT2D eigenvalue weighted by Gasteiger charge is -2.40. The zero-order chi connectivity index (χ0) is 43.0. The van der Waals surface area contributed by atoms with E-state index >= 15 is 0 Å². The van der Waals surface area contributed by atoms with Crippen molar-refractivity contribution < 1.29 is 39.8 Å². The van der Waals surface area contributed by atoms with Gasteiger partial charge >= 0.3 is 0 Å². The second-order valence-corrected chi connectivity index (χ2v) is 17.3. The van der Waals surface area contributed by atoms with E-state index in [0.717, 1.165) is 51.4 Å². The maximum Gasteiger partial charge on any atom is 0.220 e. The highest BCUT2D eigenvalue weighted by Gasteiger charge is 2.44. The minimum atomic E-state index is -1.55. The van der Waals surface area contributed by atoms with Crippen LogP contribution in [0.2, 0.25) is 0 Å². The van der Waals surface area contributed by atoms with Crippen LogP contribution in [0.5, 0.6) is 0 Å². The number of carbonyl (C=O) groups is 1. The first-order chi connectivity index (χ1) is 28.8. The van der Waals surface area contributed by atoms with Gasteiger partial charge in [-0.05, 0) is 51.4 Å². The van der Waals surface area contributed by atoms with Crippen LogP contribution in [0.3, 0.4) is 0 Å². The SMILES string of the molecule is CCCCCCC/C=C\C/C=C\C/C=C\CCCCCCCCCCCCCCCCC(=O)NC(COC1OC(CO)C(O)C(O)C1O)C(O)CCCCCCCCC. The fourth-order valence-electron chi connectivity index (χ4n) is 7.76. The summed E-state index contributed by atoms with van der Waals surface area (Å²) < 4.78 is 11.2. The maximum atomic E-state index is 12.9. The number of hydrogen-bond donors (Lipinski definition) is 6. The van der Waals surface area contributed by atoms with Gasteiger partial charge in [-0.1, -0.05) is 198 Å². The van der Waals surface area contributed by atoms with Gasteiger partial charge in [-0.3, -0.25) is 4.79 Å². The summed E-state index contributed by atoms with van der Waals surface area (Å²) in [5.41, 5.74) is 0. The molecule has 0 aromatic carbocycles. The lowest BCUT2D eigenvalue weighted by Crippen LogP contribution is -2.60. The van der Waals surface area contributed by atoms with E-state index in [4.69, 9.17) is 9.47 Å². The summed E-state index contributed by atoms with van der Waals surface area (Å²) in [6.45, 7) is 3.77. The quantitative estimate of drug-likeness (QED) is 0.0263. The number of unbranched alkanes of at least 4 members (excludes halogenated alkanes) is 25. The summed E-state index contributed by atoms with van der Waals surface area (Å²) in [6, 6.07) is -0.715. The molecule has 1 heterocycles. The van der Waals surface area contributed by atoms with Gasteiger partial charge in [0.05, 0.1) is 25.4 Å². The summed E-state index contributed by atoms with van der Waals surface area (Å²) in [4.78, 5) is 12.9. The first kappa shape index (κ1) is 55.4. The number of aliphatic hydroxyl groups excluding tert-OH is 5. The van der Waals surface area contributed by atoms with Crippen LogP contribution in [0.15, 0.2) is 36.5 Å². The van der Waals surface area contributed by atoms with E-state index in [9.17, 15) is 30.3 Å². The molecule has 346 valence electrons. The minimum absolute atomic E-state index is 0.138. The number of allylic oxidation sites excluding steroid dienone is 6. The Balaban J connectivity index is 2.11. The predicted octanol–water partition coefficient (Wildman–Crippen LogP) is 10.8. The number of amides is 1. The van der Waals surface area contributed by atoms with E-state index in [0.29, 0.717) is 12.8 Å². The zero-order valence-electron chi connectivity index (χ0n) is 38.0. The van der Waals surface area contributed by atoms with Crippen LogP contribution in [0.4, 0.5) is 0 Å². The Morgan fingerprint density at radius 3 is 1.47 bits per heavy atom. The van der Waals surface area contributed by atoms with E-state index < -0.39 is 49.5 Å². The smallest absolute Gasteiger partial charge is 0.220 e. The second-order valence-electron chi connectivity index (χ2n) is 17.3. The van der Waals surface area contributed by atoms with Crippen LogP contribution < -0.4 is 5.32 Å². The third kappa shape index (κ3) is 31.0. The maximum absolute atomic E-state index is 12.9. The minimum Gasteiger partial charge on any atom is -0.394 e. The van der Waals surface area contributed by atoms with Crippen molar-refractivity contribution in [3.63, 3.8) is 0 Å². The molecule has 1 aliphatic heterocycles. The van der Waals surface area contributed by atoms with Crippen molar-refractivity contribution in [1.82, 2.24) is 5.32 Å². The molecule has 0 aromatic heterocycles. The molecule has 0 aromatic rings. The summed E-state index contributed by atoms with van der Waals surface area (Å²) >= 11 is 0. The van der Waals surface area contributed by atoms with Gasteiger partial charge in [-0.25, -0.2) is 0 Å². The van der Waals surface area contributed by atoms with Crippen molar-refractivity contribution in [3.05, 3.63) is 36.5 Å². The number of hydrogen-bond acceptors (Lipinski definition) is 8. The molecule has 59 heavy (non-hydrogen) atoms. The summed E-state index contributed by atoms with van der Waals surface area (Å²) in [7, 11) is 0. The molecular formula is C50H93NO8. The van der Waals surface area contributed by atoms with Gasteiger partial charge in [0.15, 0.2) is 6.29 Å². The first-order valence-corrected chi connectivity index (χ1v) is 24.7. The molecule has 1 saturated heterocycles. The van der Waals surface area contributed by atoms with Gasteiger partial charge in [0.2, 0.25) is 5.91 Å². The second kappa shape index (κ2) is 40.5. The lowest BCUT2D eigenvalue weighted by molar-refractivity contribution is -0.302. The third-order valence-corrected chi connectivity index (χ3v) is 11.7. The van der Waals surface area contributed by atoms with E-state index in [-0.39, 0.29) is 12.5 Å². The van der Waals surface area contributed by atoms with Crippen LogP contribution in [0.25, 0.3) is 0 Å². The van der Waals surface area contributed by atoms with Gasteiger partial charge in [0.1, 0.15) is 24.4 Å². The van der Waals surface area contributed by atoms with Crippen LogP contribution in [-0.2, 0) is 14.3 Å². The predicted molar refractivity (Wildman–Crippen MR) is 244 cm³/mol. The molecule has 1 rings (SSSR count). The molecule has 1 aliphatic rings. The third-order valence-electron chi connectivity index (χ3n) is 11.7. The Bertz CT molecular complexity index is 1020. The van der Waals surface area contributed by atoms with E-state index in [2.05, 4.69) is 55.6 Å². The molecule has 1 amide bonds. The summed E-state index contributed by atoms with van der Waals surface area (Å²) in [5, 5.41) is 54.1. The molecule has 9 nitrogen and oxygen atoms in total. The number of aliphatic hydroxyl groups is 5. The molecule has 0 saturated carbocycles. The highest BCUT2D eigenvalue weighted by atomic mass is 16.7. The Morgan fingerprint density at radius 2 is 1.00 bits per heavy atom. The first-order valence-electron chi connectivity index (χ1n) is 24.7. The molecule has 7 unspecified atom stereocenters. The molecule has 0 radical (unpaired) electrons. The molecule has 0 bridgehead atoms. The van der Waals surface area contributed by atoms with Crippen molar-refractivity contribution in [2.75, 3.05) is 13.2 Å². The molecule has 0 aliphatic carbocycles. The van der Waals surface area contributed by atoms with Crippen molar-refractivity contribution in [3.8, 4) is 0 Å². The lowest BCUT2D eigenvalue weighted by atomic mass is 9.99. The van der Waals surface area contributed by atoms with Crippen molar-refractivity contribution in [2.45, 2.75) is 262 Å². The molecule has 7 atom stereocenters. The van der Waals surface area contributed by atoms with Gasteiger partial charge < -0.3 is 40.3 Å². The Kier molecular flexibility index (Phi) is 38.0. The van der Waals surface area contributed by atoms with Gasteiger partial charge in [-0.2, -0.15) is 0 Å². The summed E-state index contributed by atoms with van der Waals surface area (Å²) in [5.74, 6) is -0.149. The monoisotopic (exact) mass is 836 g/mol. The normalized spacial score (nSPS) is 21.0. The standard InChI is InChI=1S/C50H93NO8/c1-3-5-7-9-11-12-13-14-15-16-17-18-19-20-21-22-23-24-25-26-27-28-29-30-31-32-34-36-38-40-46(54)51-43(44(53)39-37-35-33-10-8-6-4-2)42-58-50-49(57)48(56)47(55)45(41-52)59-50/h13-14,16-17,19-20,43-45,47-50,52-53,55-57H,3-12,15,18,21-42H2,1-2H3,(H,51,54)/b14-13-,17-16-,20-19-. The van der Waals surface area contributed by atoms with E-state index in [1.165, 1.54) is 141 Å². The Labute approximate surface area is 361 Å². The number of rotatable bonds is 41. The molecular weight excluding hydrogens is 743 g/mol. The van der Waals surface area contributed by atoms with Crippen LogP contribution >= 0.6 is 0 Å². The number of ether oxygens (including phenoxy) is 2. The van der Waals surface area contributed by atoms with Gasteiger partial charge in [0, 0.05) is 6.42 Å². The number of nitrogens with one attached hydrogen (secondary N) is 1. The van der Waals surface area contributed by atoms with Crippen LogP contribution in [0.1, 0.15) is 219 Å². The Morgan fingerprint density at radius 1 is 0.576 bits per heavy atom. The summed E-state index contributed by atoms with van der Waals surface area (Å²) in [6.07, 6.45) is 43.4. The van der Waals surface area contributed by atoms with Crippen molar-refractivity contribution in [2.24, 2.45) is 0 Å². The molecule has 1 fully saturated rings. The van der Waals surface area contributed by atoms with Crippen LogP contribution in [0, 0.1) is 0 Å². The average molecular weight is 836 g/mol. The van der Waals surface area contributed by atoms with Gasteiger partial charge in [-0.15, -0.1) is 0 Å². The fraction of sp³-hybridized carbons (Fsp3) is 0.860. The average Bonchev–Trinajstić information content (AvgIpc) is 3.23. The van der Waals surface area contributed by atoms with E-state index in [1.807, 2.05) is 0 Å². The largest absolute Gasteiger partial charge is 0.394 e. The topological polar surface area (TPSA) is 149 Å². The van der Waals surface area contributed by atoms with Crippen molar-refractivity contribution in [1.29, 1.82) is 0 Å². The van der Waals surface area contributed by atoms with Crippen molar-refractivity contribution >= 4 is 5.91 Å². The molecule has 9 heteroatoms. The highest BCUT2D eigenvalue weighted by Crippen LogP contribution is 2.23. The Hall–Kier alpha value is -1.59. The van der Waals surface area contributed by atoms with Gasteiger partial charge in [0.25, 0.3) is 0 Å². The number of carbonyl (C=O) groups excluding carboxylic acids is 1. The molecule has 6 N–H and O–H groups in total. The van der Waals surface area contributed by atoms with Crippen LogP contribution in [-0.4, -0.2) is 87.5 Å². The zero-order valence-corrected chi connectivity index (χ0v) is 38.0.